The van der Waals surface area contributed by atoms with Gasteiger partial charge in [-0.1, -0.05) is 11.6 Å². The monoisotopic (exact) mass is 1350 g/mol. The van der Waals surface area contributed by atoms with Crippen molar-refractivity contribution >= 4 is 148 Å². The van der Waals surface area contributed by atoms with Crippen molar-refractivity contribution in [1.29, 1.82) is 5.26 Å². The molecule has 0 saturated heterocycles. The first-order valence-electron chi connectivity index (χ1n) is 25.1. The number of imidazole rings is 1. The highest BCUT2D eigenvalue weighted by molar-refractivity contribution is 7.99. The van der Waals surface area contributed by atoms with Gasteiger partial charge in [0.25, 0.3) is 40.5 Å². The first kappa shape index (κ1) is 68.9. The number of unbranched alkanes of at least 4 members (excludes halogenated alkanes) is 1. The maximum absolute atomic E-state index is 12.0. The second kappa shape index (κ2) is 29.7. The largest absolute Gasteiger partial charge is 0.493 e. The summed E-state index contributed by atoms with van der Waals surface area (Å²) < 4.78 is 164. The molecular formula is C51H52ClN11O17S7. The Morgan fingerprint density at radius 1 is 0.598 bits per heavy atom. The number of aromatic hydroxyl groups is 1. The van der Waals surface area contributed by atoms with Crippen molar-refractivity contribution in [2.24, 2.45) is 40.9 Å². The third-order valence-corrected chi connectivity index (χ3v) is 17.8. The number of nitriles is 1. The topological polar surface area (TPSA) is 438 Å². The standard InChI is InChI=1S/C51H52ClN11O14S6.O3S/c1-29-21-41(59-62-48-33(5)37(28-53)50-54-44-24-36(83(74,75)76)20-32(4)49(44)63(50)51(48)64)45(77-14-6-7-17-80(65,66)67)25-38(29)57-60-42-23-31(3)40(27-47(42)79-16-9-19-82(71,72)73)58-61-43-22-30(2)39(56-55-35-12-10-34(52)11-13-35)26-46(43)78-15-8-18-81(68,69)70;1-4(2)3/h10-13,20-27,64H,6-9,14-19H2,1-5H3,(H,65,66,67)(H,68,69,70)(H,71,72,73)(H,74,75,76);. The quantitative estimate of drug-likeness (QED) is 0.0154. The number of thioether (sulfide) groups is 2. The fourth-order valence-electron chi connectivity index (χ4n) is 7.96. The van der Waals surface area contributed by atoms with Crippen LogP contribution in [0, 0.1) is 45.9 Å². The highest BCUT2D eigenvalue weighted by atomic mass is 35.5. The second-order valence-corrected chi connectivity index (χ2v) is 28.0. The van der Waals surface area contributed by atoms with E-state index in [-0.39, 0.29) is 100.0 Å². The van der Waals surface area contributed by atoms with Gasteiger partial charge in [-0.05, 0) is 161 Å². The number of pyridine rings is 1. The van der Waals surface area contributed by atoms with Gasteiger partial charge in [-0.25, -0.2) is 4.98 Å². The minimum Gasteiger partial charge on any atom is -0.493 e. The van der Waals surface area contributed by atoms with Gasteiger partial charge in [0.1, 0.15) is 23.1 Å². The van der Waals surface area contributed by atoms with Gasteiger partial charge in [-0.3, -0.25) is 22.6 Å². The number of ether oxygens (including phenoxy) is 1. The molecule has 36 heteroatoms. The number of aryl methyl sites for hydroxylation is 4. The number of nitrogens with zero attached hydrogens (tertiary/aromatic N) is 11. The summed E-state index contributed by atoms with van der Waals surface area (Å²) in [6.45, 7) is 8.19. The van der Waals surface area contributed by atoms with Crippen LogP contribution in [0.1, 0.15) is 59.1 Å². The highest BCUT2D eigenvalue weighted by Crippen LogP contribution is 2.44. The summed E-state index contributed by atoms with van der Waals surface area (Å²) >= 11 is 8.51. The van der Waals surface area contributed by atoms with Gasteiger partial charge in [0.2, 0.25) is 5.88 Å². The van der Waals surface area contributed by atoms with Crippen molar-refractivity contribution in [3.63, 3.8) is 0 Å². The van der Waals surface area contributed by atoms with E-state index in [1.165, 1.54) is 53.9 Å². The molecular weight excluding hydrogens is 1300 g/mol. The number of rotatable bonds is 25. The van der Waals surface area contributed by atoms with Crippen molar-refractivity contribution in [1.82, 2.24) is 9.38 Å². The van der Waals surface area contributed by atoms with Crippen molar-refractivity contribution < 1.29 is 74.4 Å². The maximum Gasteiger partial charge on any atom is 0.425 e. The van der Waals surface area contributed by atoms with E-state index in [2.05, 4.69) is 52.0 Å². The molecule has 87 heavy (non-hydrogen) atoms. The van der Waals surface area contributed by atoms with E-state index in [4.69, 9.17) is 29.0 Å². The number of fused-ring (bicyclic) bond motifs is 3. The number of benzene rings is 5. The number of halogens is 1. The van der Waals surface area contributed by atoms with Crippen molar-refractivity contribution in [2.75, 3.05) is 35.4 Å². The maximum atomic E-state index is 12.0. The Hall–Kier alpha value is -7.21. The molecule has 0 saturated carbocycles. The predicted octanol–water partition coefficient (Wildman–Crippen LogP) is 13.0. The number of aromatic nitrogens is 2. The van der Waals surface area contributed by atoms with Gasteiger partial charge in [-0.15, -0.1) is 56.6 Å². The Balaban J connectivity index is 0.00000293. The molecule has 5 N–H and O–H groups in total. The molecule has 0 spiro atoms. The van der Waals surface area contributed by atoms with Gasteiger partial charge in [-0.2, -0.15) is 59.4 Å². The zero-order valence-corrected chi connectivity index (χ0v) is 52.8. The number of hydrogen-bond acceptors (Lipinski definition) is 25. The van der Waals surface area contributed by atoms with Crippen LogP contribution in [0.15, 0.2) is 128 Å². The van der Waals surface area contributed by atoms with E-state index in [1.54, 1.807) is 75.4 Å². The average molecular weight is 1350 g/mol. The lowest BCUT2D eigenvalue weighted by atomic mass is 10.1. The normalized spacial score (nSPS) is 12.5. The molecule has 0 aliphatic rings. The van der Waals surface area contributed by atoms with Crippen molar-refractivity contribution in [3.05, 3.63) is 111 Å². The van der Waals surface area contributed by atoms with Gasteiger partial charge in [0, 0.05) is 26.4 Å². The molecule has 0 bridgehead atoms. The third kappa shape index (κ3) is 20.2. The van der Waals surface area contributed by atoms with Crippen LogP contribution in [-0.2, 0) is 51.1 Å². The van der Waals surface area contributed by atoms with Crippen LogP contribution in [0.3, 0.4) is 0 Å². The van der Waals surface area contributed by atoms with Gasteiger partial charge in [0.05, 0.1) is 73.9 Å². The molecule has 0 amide bonds. The molecule has 0 radical (unpaired) electrons. The summed E-state index contributed by atoms with van der Waals surface area (Å²) in [6, 6.07) is 21.0. The van der Waals surface area contributed by atoms with Gasteiger partial charge < -0.3 is 9.84 Å². The summed E-state index contributed by atoms with van der Waals surface area (Å²) in [5.41, 5.74) is 4.73. The molecule has 2 aromatic heterocycles. The summed E-state index contributed by atoms with van der Waals surface area (Å²) in [5, 5.41) is 58.4. The third-order valence-electron chi connectivity index (χ3n) is 12.1. The first-order valence-corrected chi connectivity index (χ1v) is 34.8. The minimum atomic E-state index is -4.65. The molecule has 7 rings (SSSR count). The molecule has 2 heterocycles. The number of hydrogen-bond donors (Lipinski definition) is 5. The zero-order valence-electron chi connectivity index (χ0n) is 46.3. The van der Waals surface area contributed by atoms with Crippen LogP contribution in [0.5, 0.6) is 11.6 Å². The van der Waals surface area contributed by atoms with Crippen LogP contribution >= 0.6 is 35.1 Å². The number of azo groups is 4. The van der Waals surface area contributed by atoms with Gasteiger partial charge in [0.15, 0.2) is 11.3 Å². The zero-order chi connectivity index (χ0) is 64.2. The molecule has 5 aromatic carbocycles. The minimum absolute atomic E-state index is 0.0214. The molecule has 0 atom stereocenters. The summed E-state index contributed by atoms with van der Waals surface area (Å²) in [7, 11) is -20.5. The lowest BCUT2D eigenvalue weighted by molar-refractivity contribution is 0.310. The second-order valence-electron chi connectivity index (χ2n) is 18.8. The van der Waals surface area contributed by atoms with Crippen LogP contribution in [0.25, 0.3) is 16.7 Å². The SMILES string of the molecule is Cc1cc(N=Nc2cc(SCCCS(=O)(=O)O)c(N=Nc3cc(OCCCCS(=O)(=O)O)c(N=Nc4c(C)c(C#N)c5nc6cc(S(=O)(=O)O)cc(C)c6n5c4O)cc3C)cc2C)c(SCCCS(=O)(=O)O)cc1N=Nc1ccc(Cl)cc1.O=S(=O)=O. The van der Waals surface area contributed by atoms with E-state index < -0.39 is 79.1 Å². The van der Waals surface area contributed by atoms with Crippen molar-refractivity contribution in [3.8, 4) is 17.7 Å². The average Bonchev–Trinajstić information content (AvgIpc) is 1.70. The predicted molar refractivity (Wildman–Crippen MR) is 324 cm³/mol. The van der Waals surface area contributed by atoms with Crippen LogP contribution < -0.4 is 4.74 Å². The molecule has 0 unspecified atom stereocenters. The Morgan fingerprint density at radius 3 is 1.55 bits per heavy atom. The van der Waals surface area contributed by atoms with E-state index in [0.29, 0.717) is 59.9 Å². The summed E-state index contributed by atoms with van der Waals surface area (Å²) in [6.07, 6.45) is 0.380. The van der Waals surface area contributed by atoms with Gasteiger partial charge >= 0.3 is 10.6 Å². The fourth-order valence-corrected chi connectivity index (χ4v) is 12.5. The van der Waals surface area contributed by atoms with E-state index in [9.17, 15) is 62.3 Å². The van der Waals surface area contributed by atoms with E-state index in [0.717, 1.165) is 6.07 Å². The van der Waals surface area contributed by atoms with E-state index >= 15 is 0 Å². The van der Waals surface area contributed by atoms with Crippen LogP contribution in [0.2, 0.25) is 5.02 Å². The fraction of sp³-hybridized carbons (Fsp3) is 0.294. The molecule has 0 aliphatic heterocycles. The summed E-state index contributed by atoms with van der Waals surface area (Å²) in [4.78, 5) is 5.03. The molecule has 0 fully saturated rings. The Labute approximate surface area is 514 Å². The Kier molecular flexibility index (Phi) is 23.5. The lowest BCUT2D eigenvalue weighted by Gasteiger charge is -2.12. The van der Waals surface area contributed by atoms with Crippen LogP contribution in [0.4, 0.5) is 45.5 Å². The molecule has 28 nitrogen and oxygen atoms in total. The Morgan fingerprint density at radius 2 is 1.06 bits per heavy atom. The summed E-state index contributed by atoms with van der Waals surface area (Å²) in [5.74, 6) is -1.45. The first-order chi connectivity index (χ1) is 40.7. The van der Waals surface area contributed by atoms with Crippen molar-refractivity contribution in [2.45, 2.75) is 75.0 Å². The highest BCUT2D eigenvalue weighted by Gasteiger charge is 2.24. The Bertz CT molecular complexity index is 4560. The lowest BCUT2D eigenvalue weighted by Crippen LogP contribution is -2.06. The molecule has 462 valence electrons. The smallest absolute Gasteiger partial charge is 0.425 e. The molecule has 0 aliphatic carbocycles. The van der Waals surface area contributed by atoms with E-state index in [1.807, 2.05) is 0 Å². The molecule has 7 aromatic rings. The van der Waals surface area contributed by atoms with Crippen LogP contribution in [-0.4, -0.2) is 114 Å².